The molecule has 1 saturated heterocycles. The highest BCUT2D eigenvalue weighted by Gasteiger charge is 2.24. The van der Waals surface area contributed by atoms with Gasteiger partial charge in [0.05, 0.1) is 13.0 Å². The number of nitrogens with zero attached hydrogens (tertiary/aromatic N) is 1. The summed E-state index contributed by atoms with van der Waals surface area (Å²) in [6.45, 7) is 6.82. The monoisotopic (exact) mass is 199 g/mol. The Labute approximate surface area is 86.4 Å². The lowest BCUT2D eigenvalue weighted by molar-refractivity contribution is -0.134. The Morgan fingerprint density at radius 1 is 1.36 bits per heavy atom. The van der Waals surface area contributed by atoms with Gasteiger partial charge in [0, 0.05) is 20.2 Å². The third kappa shape index (κ3) is 3.29. The molecule has 0 aromatic rings. The maximum atomic E-state index is 11.7. The van der Waals surface area contributed by atoms with Crippen LogP contribution in [0, 0.1) is 11.8 Å². The molecule has 0 aromatic carbocycles. The fourth-order valence-electron chi connectivity index (χ4n) is 2.21. The normalized spacial score (nSPS) is 27.8. The van der Waals surface area contributed by atoms with E-state index in [4.69, 9.17) is 4.74 Å². The minimum Gasteiger partial charge on any atom is -0.384 e. The van der Waals surface area contributed by atoms with E-state index in [0.29, 0.717) is 24.9 Å². The highest BCUT2D eigenvalue weighted by molar-refractivity contribution is 5.76. The number of methoxy groups -OCH3 is 1. The van der Waals surface area contributed by atoms with E-state index in [0.717, 1.165) is 13.1 Å². The van der Waals surface area contributed by atoms with Crippen LogP contribution in [0.3, 0.4) is 0 Å². The van der Waals surface area contributed by atoms with Crippen molar-refractivity contribution in [3.05, 3.63) is 0 Å². The van der Waals surface area contributed by atoms with E-state index in [-0.39, 0.29) is 5.91 Å². The molecule has 3 heteroatoms. The average Bonchev–Trinajstić information content (AvgIpc) is 2.12. The maximum Gasteiger partial charge on any atom is 0.224 e. The average molecular weight is 199 g/mol. The molecule has 0 N–H and O–H groups in total. The Hall–Kier alpha value is -0.570. The first-order chi connectivity index (χ1) is 6.63. The zero-order valence-corrected chi connectivity index (χ0v) is 9.45. The van der Waals surface area contributed by atoms with Gasteiger partial charge in [-0.25, -0.2) is 0 Å². The first kappa shape index (κ1) is 11.5. The second kappa shape index (κ2) is 5.35. The molecule has 3 nitrogen and oxygen atoms in total. The van der Waals surface area contributed by atoms with Crippen LogP contribution in [0.25, 0.3) is 0 Å². The topological polar surface area (TPSA) is 29.5 Å². The lowest BCUT2D eigenvalue weighted by Crippen LogP contribution is -2.42. The van der Waals surface area contributed by atoms with E-state index in [1.54, 1.807) is 7.11 Å². The molecule has 1 aliphatic heterocycles. The van der Waals surface area contributed by atoms with E-state index in [1.807, 2.05) is 4.90 Å². The summed E-state index contributed by atoms with van der Waals surface area (Å²) in [5, 5.41) is 0. The van der Waals surface area contributed by atoms with E-state index in [1.165, 1.54) is 6.42 Å². The van der Waals surface area contributed by atoms with Gasteiger partial charge < -0.3 is 9.64 Å². The molecule has 0 spiro atoms. The third-order valence-corrected chi connectivity index (χ3v) is 2.74. The van der Waals surface area contributed by atoms with Crippen LogP contribution in [0.5, 0.6) is 0 Å². The second-order valence-corrected chi connectivity index (χ2v) is 4.49. The van der Waals surface area contributed by atoms with Gasteiger partial charge in [-0.2, -0.15) is 0 Å². The van der Waals surface area contributed by atoms with Gasteiger partial charge >= 0.3 is 0 Å². The van der Waals surface area contributed by atoms with Crippen LogP contribution in [0.2, 0.25) is 0 Å². The highest BCUT2D eigenvalue weighted by Crippen LogP contribution is 2.21. The molecule has 0 aliphatic carbocycles. The summed E-state index contributed by atoms with van der Waals surface area (Å²) in [6.07, 6.45) is 1.77. The van der Waals surface area contributed by atoms with Crippen molar-refractivity contribution in [2.24, 2.45) is 11.8 Å². The van der Waals surface area contributed by atoms with Crippen molar-refractivity contribution in [3.63, 3.8) is 0 Å². The number of likely N-dealkylation sites (tertiary alicyclic amines) is 1. The quantitative estimate of drug-likeness (QED) is 0.690. The van der Waals surface area contributed by atoms with Gasteiger partial charge in [-0.15, -0.1) is 0 Å². The predicted molar refractivity (Wildman–Crippen MR) is 56.0 cm³/mol. The third-order valence-electron chi connectivity index (χ3n) is 2.74. The summed E-state index contributed by atoms with van der Waals surface area (Å²) in [5.41, 5.74) is 0. The van der Waals surface area contributed by atoms with Crippen LogP contribution in [0.1, 0.15) is 26.7 Å². The van der Waals surface area contributed by atoms with Crippen LogP contribution in [-0.4, -0.2) is 37.6 Å². The summed E-state index contributed by atoms with van der Waals surface area (Å²) in [6, 6.07) is 0. The number of ether oxygens (including phenoxy) is 1. The summed E-state index contributed by atoms with van der Waals surface area (Å²) in [7, 11) is 1.63. The van der Waals surface area contributed by atoms with E-state index < -0.39 is 0 Å². The van der Waals surface area contributed by atoms with Gasteiger partial charge in [0.2, 0.25) is 5.91 Å². The van der Waals surface area contributed by atoms with Crippen LogP contribution in [0.4, 0.5) is 0 Å². The molecular formula is C11H21NO2. The largest absolute Gasteiger partial charge is 0.384 e. The number of amides is 1. The molecule has 1 rings (SSSR count). The molecule has 1 fully saturated rings. The fourth-order valence-corrected chi connectivity index (χ4v) is 2.21. The number of piperidine rings is 1. The molecule has 0 saturated carbocycles. The van der Waals surface area contributed by atoms with Crippen LogP contribution >= 0.6 is 0 Å². The van der Waals surface area contributed by atoms with Gasteiger partial charge in [0.1, 0.15) is 0 Å². The summed E-state index contributed by atoms with van der Waals surface area (Å²) in [4.78, 5) is 13.7. The lowest BCUT2D eigenvalue weighted by atomic mass is 9.92. The number of hydrogen-bond acceptors (Lipinski definition) is 2. The molecule has 1 heterocycles. The van der Waals surface area contributed by atoms with Crippen LogP contribution < -0.4 is 0 Å². The van der Waals surface area contributed by atoms with Gasteiger partial charge in [0.25, 0.3) is 0 Å². The molecule has 14 heavy (non-hydrogen) atoms. The number of hydrogen-bond donors (Lipinski definition) is 0. The van der Waals surface area contributed by atoms with Gasteiger partial charge in [-0.1, -0.05) is 13.8 Å². The highest BCUT2D eigenvalue weighted by atomic mass is 16.5. The van der Waals surface area contributed by atoms with Crippen molar-refractivity contribution < 1.29 is 9.53 Å². The Bertz CT molecular complexity index is 184. The van der Waals surface area contributed by atoms with Gasteiger partial charge in [-0.3, -0.25) is 4.79 Å². The van der Waals surface area contributed by atoms with Crippen LogP contribution in [0.15, 0.2) is 0 Å². The molecule has 1 amide bonds. The molecule has 2 atom stereocenters. The summed E-state index contributed by atoms with van der Waals surface area (Å²) >= 11 is 0. The molecule has 0 radical (unpaired) electrons. The van der Waals surface area contributed by atoms with E-state index >= 15 is 0 Å². The van der Waals surface area contributed by atoms with Crippen molar-refractivity contribution in [1.82, 2.24) is 4.90 Å². The van der Waals surface area contributed by atoms with Crippen molar-refractivity contribution in [2.45, 2.75) is 26.7 Å². The van der Waals surface area contributed by atoms with E-state index in [2.05, 4.69) is 13.8 Å². The molecule has 2 unspecified atom stereocenters. The number of carbonyl (C=O) groups excluding carboxylic acids is 1. The van der Waals surface area contributed by atoms with Crippen molar-refractivity contribution in [2.75, 3.05) is 26.8 Å². The Morgan fingerprint density at radius 2 is 1.93 bits per heavy atom. The van der Waals surface area contributed by atoms with Gasteiger partial charge in [0.15, 0.2) is 0 Å². The van der Waals surface area contributed by atoms with Gasteiger partial charge in [-0.05, 0) is 18.3 Å². The molecule has 0 aromatic heterocycles. The Balaban J connectivity index is 2.38. The van der Waals surface area contributed by atoms with Crippen molar-refractivity contribution in [3.8, 4) is 0 Å². The van der Waals surface area contributed by atoms with Crippen LogP contribution in [-0.2, 0) is 9.53 Å². The minimum absolute atomic E-state index is 0.241. The predicted octanol–water partition coefficient (Wildman–Crippen LogP) is 1.53. The summed E-state index contributed by atoms with van der Waals surface area (Å²) in [5.74, 6) is 1.53. The SMILES string of the molecule is COCCC(=O)N1CC(C)CC(C)C1. The molecule has 82 valence electrons. The van der Waals surface area contributed by atoms with Crippen molar-refractivity contribution in [1.29, 1.82) is 0 Å². The second-order valence-electron chi connectivity index (χ2n) is 4.49. The molecular weight excluding hydrogens is 178 g/mol. The zero-order valence-electron chi connectivity index (χ0n) is 9.45. The first-order valence-corrected chi connectivity index (χ1v) is 5.40. The standard InChI is InChI=1S/C11H21NO2/c1-9-6-10(2)8-12(7-9)11(13)4-5-14-3/h9-10H,4-8H2,1-3H3. The summed E-state index contributed by atoms with van der Waals surface area (Å²) < 4.78 is 4.91. The van der Waals surface area contributed by atoms with Crippen molar-refractivity contribution >= 4 is 5.91 Å². The Morgan fingerprint density at radius 3 is 2.43 bits per heavy atom. The number of carbonyl (C=O) groups is 1. The zero-order chi connectivity index (χ0) is 10.6. The first-order valence-electron chi connectivity index (χ1n) is 5.40. The van der Waals surface area contributed by atoms with E-state index in [9.17, 15) is 4.79 Å². The molecule has 0 bridgehead atoms. The minimum atomic E-state index is 0.241. The number of rotatable bonds is 3. The lowest BCUT2D eigenvalue weighted by Gasteiger charge is -2.35. The Kier molecular flexibility index (Phi) is 4.39. The smallest absolute Gasteiger partial charge is 0.224 e. The molecule has 1 aliphatic rings. The maximum absolute atomic E-state index is 11.7. The fraction of sp³-hybridized carbons (Fsp3) is 0.909.